The summed E-state index contributed by atoms with van der Waals surface area (Å²) >= 11 is 4.65. The summed E-state index contributed by atoms with van der Waals surface area (Å²) in [5, 5.41) is 2.18. The van der Waals surface area contributed by atoms with E-state index in [0.717, 1.165) is 6.42 Å². The number of hydrogen-bond donors (Lipinski definition) is 1. The van der Waals surface area contributed by atoms with Crippen LogP contribution in [-0.2, 0) is 14.3 Å². The number of benzene rings is 1. The molecule has 0 saturated heterocycles. The SMILES string of the molecule is CCCC(Sc1cc(NC(=O)C(C)C)c(F)cc1Br)C(=O)OC(C)(C)C. The van der Waals surface area contributed by atoms with Crippen LogP contribution in [0.15, 0.2) is 21.5 Å². The molecule has 0 spiro atoms. The Morgan fingerprint density at radius 3 is 2.42 bits per heavy atom. The van der Waals surface area contributed by atoms with Crippen molar-refractivity contribution in [3.63, 3.8) is 0 Å². The van der Waals surface area contributed by atoms with Gasteiger partial charge in [-0.3, -0.25) is 9.59 Å². The predicted octanol–water partition coefficient (Wildman–Crippen LogP) is 5.79. The molecule has 0 fully saturated rings. The van der Waals surface area contributed by atoms with Gasteiger partial charge in [0.05, 0.1) is 5.69 Å². The second kappa shape index (κ2) is 9.74. The lowest BCUT2D eigenvalue weighted by Gasteiger charge is -2.24. The number of rotatable bonds is 7. The Balaban J connectivity index is 3.07. The van der Waals surface area contributed by atoms with Crippen molar-refractivity contribution in [1.29, 1.82) is 0 Å². The van der Waals surface area contributed by atoms with Gasteiger partial charge in [-0.25, -0.2) is 4.39 Å². The highest BCUT2D eigenvalue weighted by Gasteiger charge is 2.26. The highest BCUT2D eigenvalue weighted by molar-refractivity contribution is 9.10. The van der Waals surface area contributed by atoms with Gasteiger partial charge in [0.1, 0.15) is 16.7 Å². The molecule has 1 amide bonds. The zero-order valence-corrected chi connectivity index (χ0v) is 18.5. The quantitative estimate of drug-likeness (QED) is 0.424. The van der Waals surface area contributed by atoms with Crippen LogP contribution in [0, 0.1) is 11.7 Å². The van der Waals surface area contributed by atoms with Crippen molar-refractivity contribution >= 4 is 45.3 Å². The standard InChI is InChI=1S/C19H27BrFNO3S/c1-7-8-15(18(24)25-19(4,5)6)26-16-10-14(13(21)9-12(16)20)22-17(23)11(2)3/h9-11,15H,7-8H2,1-6H3,(H,22,23). The maximum absolute atomic E-state index is 14.2. The molecule has 1 aromatic carbocycles. The van der Waals surface area contributed by atoms with Crippen molar-refractivity contribution in [1.82, 2.24) is 0 Å². The van der Waals surface area contributed by atoms with E-state index in [1.165, 1.54) is 17.8 Å². The van der Waals surface area contributed by atoms with E-state index < -0.39 is 16.7 Å². The number of amides is 1. The van der Waals surface area contributed by atoms with Crippen LogP contribution in [0.25, 0.3) is 0 Å². The first kappa shape index (κ1) is 23.0. The average molecular weight is 448 g/mol. The first-order valence-electron chi connectivity index (χ1n) is 8.64. The van der Waals surface area contributed by atoms with Gasteiger partial charge >= 0.3 is 5.97 Å². The van der Waals surface area contributed by atoms with Gasteiger partial charge in [-0.05, 0) is 55.3 Å². The molecule has 0 saturated carbocycles. The second-order valence-corrected chi connectivity index (χ2v) is 9.43. The Morgan fingerprint density at radius 1 is 1.31 bits per heavy atom. The minimum Gasteiger partial charge on any atom is -0.459 e. The molecule has 1 rings (SSSR count). The molecular formula is C19H27BrFNO3S. The topological polar surface area (TPSA) is 55.4 Å². The summed E-state index contributed by atoms with van der Waals surface area (Å²) in [5.74, 6) is -1.35. The third-order valence-electron chi connectivity index (χ3n) is 3.29. The molecule has 0 aromatic heterocycles. The molecule has 1 aromatic rings. The number of carbonyl (C=O) groups excluding carboxylic acids is 2. The van der Waals surface area contributed by atoms with Gasteiger partial charge in [0, 0.05) is 15.3 Å². The summed E-state index contributed by atoms with van der Waals surface area (Å²) in [6, 6.07) is 2.85. The number of ether oxygens (including phenoxy) is 1. The molecule has 0 aliphatic rings. The van der Waals surface area contributed by atoms with Crippen LogP contribution in [-0.4, -0.2) is 22.7 Å². The van der Waals surface area contributed by atoms with Crippen LogP contribution in [0.5, 0.6) is 0 Å². The minimum absolute atomic E-state index is 0.105. The number of carbonyl (C=O) groups is 2. The molecule has 1 N–H and O–H groups in total. The highest BCUT2D eigenvalue weighted by atomic mass is 79.9. The lowest BCUT2D eigenvalue weighted by Crippen LogP contribution is -2.30. The third-order valence-corrected chi connectivity index (χ3v) is 5.52. The smallest absolute Gasteiger partial charge is 0.319 e. The van der Waals surface area contributed by atoms with Gasteiger partial charge in [0.15, 0.2) is 0 Å². The Kier molecular flexibility index (Phi) is 8.60. The zero-order valence-electron chi connectivity index (χ0n) is 16.1. The third kappa shape index (κ3) is 7.27. The van der Waals surface area contributed by atoms with Crippen molar-refractivity contribution < 1.29 is 18.7 Å². The van der Waals surface area contributed by atoms with Gasteiger partial charge in [-0.1, -0.05) is 27.2 Å². The molecule has 26 heavy (non-hydrogen) atoms. The number of thioether (sulfide) groups is 1. The molecular weight excluding hydrogens is 421 g/mol. The molecule has 0 aliphatic heterocycles. The van der Waals surface area contributed by atoms with E-state index in [9.17, 15) is 14.0 Å². The van der Waals surface area contributed by atoms with E-state index >= 15 is 0 Å². The average Bonchev–Trinajstić information content (AvgIpc) is 2.49. The summed E-state index contributed by atoms with van der Waals surface area (Å²) < 4.78 is 20.2. The normalized spacial score (nSPS) is 12.8. The van der Waals surface area contributed by atoms with Crippen LogP contribution in [0.3, 0.4) is 0 Å². The maximum atomic E-state index is 14.2. The first-order chi connectivity index (χ1) is 11.9. The largest absolute Gasteiger partial charge is 0.459 e. The number of hydrogen-bond acceptors (Lipinski definition) is 4. The molecule has 0 aliphatic carbocycles. The molecule has 146 valence electrons. The van der Waals surface area contributed by atoms with Crippen molar-refractivity contribution in [2.45, 2.75) is 70.1 Å². The molecule has 0 radical (unpaired) electrons. The van der Waals surface area contributed by atoms with Crippen LogP contribution in [0.4, 0.5) is 10.1 Å². The molecule has 7 heteroatoms. The highest BCUT2D eigenvalue weighted by Crippen LogP contribution is 2.37. The Hall–Kier alpha value is -1.08. The van der Waals surface area contributed by atoms with E-state index in [-0.39, 0.29) is 23.5 Å². The van der Waals surface area contributed by atoms with Crippen molar-refractivity contribution in [3.05, 3.63) is 22.4 Å². The molecule has 0 bridgehead atoms. The minimum atomic E-state index is -0.569. The summed E-state index contributed by atoms with van der Waals surface area (Å²) in [4.78, 5) is 25.0. The van der Waals surface area contributed by atoms with E-state index in [0.29, 0.717) is 15.8 Å². The number of esters is 1. The lowest BCUT2D eigenvalue weighted by molar-refractivity contribution is -0.154. The molecule has 1 atom stereocenters. The lowest BCUT2D eigenvalue weighted by atomic mass is 10.2. The number of nitrogens with one attached hydrogen (secondary N) is 1. The van der Waals surface area contributed by atoms with E-state index in [1.54, 1.807) is 19.9 Å². The van der Waals surface area contributed by atoms with Gasteiger partial charge in [-0.15, -0.1) is 11.8 Å². The summed E-state index contributed by atoms with van der Waals surface area (Å²) in [6.07, 6.45) is 1.45. The van der Waals surface area contributed by atoms with Crippen molar-refractivity contribution in [2.24, 2.45) is 5.92 Å². The van der Waals surface area contributed by atoms with Crippen molar-refractivity contribution in [2.75, 3.05) is 5.32 Å². The second-order valence-electron chi connectivity index (χ2n) is 7.34. The monoisotopic (exact) mass is 447 g/mol. The number of halogens is 2. The first-order valence-corrected chi connectivity index (χ1v) is 10.3. The van der Waals surface area contributed by atoms with Gasteiger partial charge in [-0.2, -0.15) is 0 Å². The molecule has 4 nitrogen and oxygen atoms in total. The fraction of sp³-hybridized carbons (Fsp3) is 0.579. The van der Waals surface area contributed by atoms with Crippen LogP contribution in [0.2, 0.25) is 0 Å². The van der Waals surface area contributed by atoms with Crippen LogP contribution in [0.1, 0.15) is 54.4 Å². The van der Waals surface area contributed by atoms with Crippen LogP contribution >= 0.6 is 27.7 Å². The fourth-order valence-electron chi connectivity index (χ4n) is 2.00. The maximum Gasteiger partial charge on any atom is 0.319 e. The van der Waals surface area contributed by atoms with E-state index in [2.05, 4.69) is 21.2 Å². The fourth-order valence-corrected chi connectivity index (χ4v) is 3.76. The van der Waals surface area contributed by atoms with E-state index in [1.807, 2.05) is 27.7 Å². The molecule has 1 unspecified atom stereocenters. The summed E-state index contributed by atoms with van der Waals surface area (Å²) in [5.41, 5.74) is -0.464. The van der Waals surface area contributed by atoms with Gasteiger partial charge in [0.25, 0.3) is 0 Å². The predicted molar refractivity (Wildman–Crippen MR) is 108 cm³/mol. The number of anilines is 1. The Bertz CT molecular complexity index is 659. The Morgan fingerprint density at radius 2 is 1.92 bits per heavy atom. The molecule has 0 heterocycles. The van der Waals surface area contributed by atoms with Crippen molar-refractivity contribution in [3.8, 4) is 0 Å². The van der Waals surface area contributed by atoms with Gasteiger partial charge < -0.3 is 10.1 Å². The Labute approximate surface area is 167 Å². The summed E-state index contributed by atoms with van der Waals surface area (Å²) in [7, 11) is 0. The zero-order chi connectivity index (χ0) is 20.1. The summed E-state index contributed by atoms with van der Waals surface area (Å²) in [6.45, 7) is 10.9. The van der Waals surface area contributed by atoms with Crippen LogP contribution < -0.4 is 5.32 Å². The van der Waals surface area contributed by atoms with Gasteiger partial charge in [0.2, 0.25) is 5.91 Å². The van der Waals surface area contributed by atoms with E-state index in [4.69, 9.17) is 4.74 Å².